The summed E-state index contributed by atoms with van der Waals surface area (Å²) < 4.78 is 4.78. The van der Waals surface area contributed by atoms with Gasteiger partial charge < -0.3 is 34.9 Å². The normalized spacial score (nSPS) is 23.7. The number of carbonyl (C=O) groups is 4. The Morgan fingerprint density at radius 1 is 0.746 bits per heavy atom. The number of alkyl carbamates (subject to hydrolysis) is 1. The molecule has 0 spiro atoms. The van der Waals surface area contributed by atoms with Gasteiger partial charge in [0.2, 0.25) is 11.8 Å². The standard InChI is InChI=1S/C45H58N8O6/c1-24(2)38(50-44(56)59-8)42(54)52-22-26(5)17-36(52)40-46-20-34(48-40)30-13-9-28(10-14-30)32-19-33(32)29-11-15-31(16-12-29)35-21-47-41(49-35)37-18-27(6)23-53(37)43(55)39(25(3)4)51(7)45(57)58/h9-16,20-21,24-27,32-33,36-39H,17-19,22-23H2,1-8H3,(H,46,48)(H,47,49)(H,50,56)(H,57,58)/t26-,27-,32+,33+,36-,37-,38-,39-/m0/s1. The molecule has 1 saturated carbocycles. The van der Waals surface area contributed by atoms with Gasteiger partial charge in [-0.15, -0.1) is 0 Å². The number of carbonyl (C=O) groups excluding carboxylic acids is 3. The van der Waals surface area contributed by atoms with Crippen LogP contribution in [0.5, 0.6) is 0 Å². The molecule has 314 valence electrons. The maximum absolute atomic E-state index is 13.8. The lowest BCUT2D eigenvalue weighted by Gasteiger charge is -2.33. The van der Waals surface area contributed by atoms with Crippen molar-refractivity contribution in [2.24, 2.45) is 23.7 Å². The molecule has 7 rings (SSSR count). The molecule has 2 aromatic heterocycles. The van der Waals surface area contributed by atoms with Gasteiger partial charge in [0.05, 0.1) is 43.0 Å². The number of aromatic amines is 2. The summed E-state index contributed by atoms with van der Waals surface area (Å²) >= 11 is 0. The zero-order chi connectivity index (χ0) is 42.3. The Hall–Kier alpha value is -5.66. The highest BCUT2D eigenvalue weighted by molar-refractivity contribution is 5.87. The molecule has 14 heteroatoms. The first-order valence-corrected chi connectivity index (χ1v) is 20.9. The third-order valence-electron chi connectivity index (χ3n) is 12.5. The summed E-state index contributed by atoms with van der Waals surface area (Å²) in [5.74, 6) is 2.28. The van der Waals surface area contributed by atoms with E-state index in [0.717, 1.165) is 52.5 Å². The average molecular weight is 807 g/mol. The predicted octanol–water partition coefficient (Wildman–Crippen LogP) is 7.57. The van der Waals surface area contributed by atoms with Crippen LogP contribution in [-0.4, -0.2) is 103 Å². The summed E-state index contributed by atoms with van der Waals surface area (Å²) in [5, 5.41) is 12.4. The Kier molecular flexibility index (Phi) is 11.9. The second kappa shape index (κ2) is 16.9. The Morgan fingerprint density at radius 3 is 1.61 bits per heavy atom. The van der Waals surface area contributed by atoms with Crippen LogP contribution in [0, 0.1) is 23.7 Å². The van der Waals surface area contributed by atoms with Gasteiger partial charge in [-0.25, -0.2) is 19.6 Å². The quantitative estimate of drug-likeness (QED) is 0.113. The highest BCUT2D eigenvalue weighted by atomic mass is 16.5. The van der Waals surface area contributed by atoms with E-state index in [1.807, 2.05) is 45.0 Å². The number of carboxylic acid groups (broad SMARTS) is 1. The fraction of sp³-hybridized carbons (Fsp3) is 0.511. The lowest BCUT2D eigenvalue weighted by Crippen LogP contribution is -2.51. The van der Waals surface area contributed by atoms with Crippen LogP contribution in [0.2, 0.25) is 0 Å². The number of aromatic nitrogens is 4. The molecule has 4 aromatic rings. The van der Waals surface area contributed by atoms with Gasteiger partial charge >= 0.3 is 12.2 Å². The molecule has 4 heterocycles. The molecular weight excluding hydrogens is 749 g/mol. The number of hydrogen-bond donors (Lipinski definition) is 4. The van der Waals surface area contributed by atoms with Crippen molar-refractivity contribution in [2.75, 3.05) is 27.2 Å². The molecule has 59 heavy (non-hydrogen) atoms. The molecule has 4 N–H and O–H groups in total. The van der Waals surface area contributed by atoms with Gasteiger partial charge in [0, 0.05) is 20.1 Å². The molecule has 0 unspecified atom stereocenters. The Labute approximate surface area is 346 Å². The number of likely N-dealkylation sites (N-methyl/N-ethyl adjacent to an activating group) is 1. The zero-order valence-corrected chi connectivity index (χ0v) is 35.3. The summed E-state index contributed by atoms with van der Waals surface area (Å²) in [7, 11) is 2.76. The Morgan fingerprint density at radius 2 is 1.20 bits per heavy atom. The molecule has 2 aromatic carbocycles. The van der Waals surface area contributed by atoms with Crippen molar-refractivity contribution in [2.45, 2.75) is 96.8 Å². The zero-order valence-electron chi connectivity index (χ0n) is 35.3. The fourth-order valence-electron chi connectivity index (χ4n) is 9.22. The van der Waals surface area contributed by atoms with E-state index in [4.69, 9.17) is 14.7 Å². The van der Waals surface area contributed by atoms with Crippen molar-refractivity contribution in [1.29, 1.82) is 0 Å². The summed E-state index contributed by atoms with van der Waals surface area (Å²) in [4.78, 5) is 72.4. The molecule has 1 aliphatic carbocycles. The predicted molar refractivity (Wildman–Crippen MR) is 223 cm³/mol. The number of likely N-dealkylation sites (tertiary alicyclic amines) is 2. The number of benzene rings is 2. The number of methoxy groups -OCH3 is 1. The third kappa shape index (κ3) is 8.58. The minimum absolute atomic E-state index is 0.107. The number of imidazole rings is 2. The van der Waals surface area contributed by atoms with E-state index in [0.29, 0.717) is 36.7 Å². The number of nitrogens with zero attached hydrogens (tertiary/aromatic N) is 5. The van der Waals surface area contributed by atoms with Crippen LogP contribution in [0.15, 0.2) is 60.9 Å². The Balaban J connectivity index is 0.981. The summed E-state index contributed by atoms with van der Waals surface area (Å²) in [5.41, 5.74) is 6.39. The SMILES string of the molecule is COC(=O)N[C@H](C(=O)N1C[C@@H](C)C[C@H]1c1ncc(-c2ccc([C@H]3C[C@@H]3c3ccc(-c4cnc([C@@H]5C[C@H](C)CN5C(=O)[C@H](C(C)C)N(C)C(=O)O)[nH]4)cc3)cc2)[nH]1)C(C)C. The first kappa shape index (κ1) is 41.5. The fourth-order valence-corrected chi connectivity index (χ4v) is 9.22. The van der Waals surface area contributed by atoms with E-state index >= 15 is 0 Å². The van der Waals surface area contributed by atoms with Gasteiger partial charge in [-0.05, 0) is 77.0 Å². The van der Waals surface area contributed by atoms with Crippen LogP contribution >= 0.6 is 0 Å². The molecule has 8 atom stereocenters. The number of ether oxygens (including phenoxy) is 1. The van der Waals surface area contributed by atoms with Crippen molar-refractivity contribution in [1.82, 2.24) is 40.0 Å². The number of nitrogens with one attached hydrogen (secondary N) is 3. The largest absolute Gasteiger partial charge is 0.465 e. The van der Waals surface area contributed by atoms with E-state index in [9.17, 15) is 24.3 Å². The van der Waals surface area contributed by atoms with Gasteiger partial charge in [-0.2, -0.15) is 0 Å². The van der Waals surface area contributed by atoms with Crippen LogP contribution in [0.4, 0.5) is 9.59 Å². The number of rotatable bonds is 12. The van der Waals surface area contributed by atoms with Gasteiger partial charge in [0.25, 0.3) is 0 Å². The van der Waals surface area contributed by atoms with Crippen molar-refractivity contribution in [3.05, 3.63) is 83.7 Å². The Bertz CT molecular complexity index is 2140. The van der Waals surface area contributed by atoms with Gasteiger partial charge in [0.15, 0.2) is 0 Å². The van der Waals surface area contributed by atoms with Crippen LogP contribution in [0.1, 0.15) is 108 Å². The minimum atomic E-state index is -1.12. The van der Waals surface area contributed by atoms with Crippen molar-refractivity contribution in [3.8, 4) is 22.5 Å². The lowest BCUT2D eigenvalue weighted by atomic mass is 10.0. The minimum Gasteiger partial charge on any atom is -0.465 e. The smallest absolute Gasteiger partial charge is 0.407 e. The number of amides is 4. The molecule has 2 saturated heterocycles. The van der Waals surface area contributed by atoms with Crippen molar-refractivity contribution < 1.29 is 29.0 Å². The summed E-state index contributed by atoms with van der Waals surface area (Å²) in [6.45, 7) is 13.0. The van der Waals surface area contributed by atoms with Crippen LogP contribution in [-0.2, 0) is 14.3 Å². The van der Waals surface area contributed by atoms with E-state index in [1.165, 1.54) is 25.3 Å². The second-order valence-corrected chi connectivity index (χ2v) is 17.7. The number of H-pyrrole nitrogens is 2. The van der Waals surface area contributed by atoms with E-state index in [2.05, 4.69) is 77.7 Å². The first-order valence-electron chi connectivity index (χ1n) is 20.9. The van der Waals surface area contributed by atoms with Crippen LogP contribution in [0.25, 0.3) is 22.5 Å². The van der Waals surface area contributed by atoms with Gasteiger partial charge in [-0.1, -0.05) is 90.1 Å². The summed E-state index contributed by atoms with van der Waals surface area (Å²) in [6, 6.07) is 15.4. The molecule has 0 radical (unpaired) electrons. The van der Waals surface area contributed by atoms with Crippen LogP contribution < -0.4 is 5.32 Å². The molecule has 4 amide bonds. The highest BCUT2D eigenvalue weighted by Gasteiger charge is 2.43. The average Bonchev–Trinajstić information content (AvgIpc) is 3.63. The van der Waals surface area contributed by atoms with E-state index < -0.39 is 24.3 Å². The third-order valence-corrected chi connectivity index (χ3v) is 12.5. The molecule has 0 bridgehead atoms. The number of hydrogen-bond acceptors (Lipinski definition) is 7. The summed E-state index contributed by atoms with van der Waals surface area (Å²) in [6.07, 6.45) is 4.52. The van der Waals surface area contributed by atoms with Gasteiger partial charge in [0.1, 0.15) is 23.7 Å². The van der Waals surface area contributed by atoms with Crippen molar-refractivity contribution >= 4 is 24.0 Å². The van der Waals surface area contributed by atoms with Crippen LogP contribution in [0.3, 0.4) is 0 Å². The maximum Gasteiger partial charge on any atom is 0.407 e. The van der Waals surface area contributed by atoms with Crippen molar-refractivity contribution in [3.63, 3.8) is 0 Å². The molecular formula is C45H58N8O6. The molecule has 3 aliphatic rings. The molecule has 2 aliphatic heterocycles. The van der Waals surface area contributed by atoms with E-state index in [-0.39, 0.29) is 41.7 Å². The van der Waals surface area contributed by atoms with Gasteiger partial charge in [-0.3, -0.25) is 14.5 Å². The highest BCUT2D eigenvalue weighted by Crippen LogP contribution is 2.55. The first-order chi connectivity index (χ1) is 28.1. The lowest BCUT2D eigenvalue weighted by molar-refractivity contribution is -0.138. The monoisotopic (exact) mass is 806 g/mol. The van der Waals surface area contributed by atoms with E-state index in [1.54, 1.807) is 4.90 Å². The molecule has 14 nitrogen and oxygen atoms in total. The topological polar surface area (TPSA) is 177 Å². The maximum atomic E-state index is 13.8. The molecule has 3 fully saturated rings. The second-order valence-electron chi connectivity index (χ2n) is 17.7.